The SMILES string of the molecule is NCc1ccc(OCC(=O)Nc2ccccc2F)c(Cl)c1. The molecule has 0 aromatic heterocycles. The number of halogens is 2. The first-order valence-corrected chi connectivity index (χ1v) is 6.63. The smallest absolute Gasteiger partial charge is 0.262 e. The first-order valence-electron chi connectivity index (χ1n) is 6.26. The van der Waals surface area contributed by atoms with Gasteiger partial charge in [0.1, 0.15) is 11.6 Å². The van der Waals surface area contributed by atoms with E-state index in [1.165, 1.54) is 12.1 Å². The summed E-state index contributed by atoms with van der Waals surface area (Å²) in [5.41, 5.74) is 6.46. The van der Waals surface area contributed by atoms with Gasteiger partial charge in [-0.15, -0.1) is 0 Å². The molecule has 0 saturated heterocycles. The minimum absolute atomic E-state index is 0.107. The number of carbonyl (C=O) groups excluding carboxylic acids is 1. The van der Waals surface area contributed by atoms with Crippen LogP contribution in [-0.2, 0) is 11.3 Å². The highest BCUT2D eigenvalue weighted by Crippen LogP contribution is 2.25. The lowest BCUT2D eigenvalue weighted by molar-refractivity contribution is -0.118. The fourth-order valence-electron chi connectivity index (χ4n) is 1.68. The van der Waals surface area contributed by atoms with Crippen LogP contribution >= 0.6 is 11.6 Å². The average Bonchev–Trinajstić information content (AvgIpc) is 2.48. The van der Waals surface area contributed by atoms with Gasteiger partial charge >= 0.3 is 0 Å². The molecule has 0 bridgehead atoms. The molecule has 0 aliphatic heterocycles. The maximum atomic E-state index is 13.4. The number of benzene rings is 2. The molecule has 0 saturated carbocycles. The van der Waals surface area contributed by atoms with Crippen molar-refractivity contribution in [2.45, 2.75) is 6.54 Å². The Labute approximate surface area is 126 Å². The number of hydrogen-bond acceptors (Lipinski definition) is 3. The van der Waals surface area contributed by atoms with Crippen LogP contribution in [0, 0.1) is 5.82 Å². The van der Waals surface area contributed by atoms with Crippen molar-refractivity contribution in [1.29, 1.82) is 0 Å². The average molecular weight is 309 g/mol. The van der Waals surface area contributed by atoms with E-state index < -0.39 is 11.7 Å². The van der Waals surface area contributed by atoms with Crippen LogP contribution in [0.25, 0.3) is 0 Å². The van der Waals surface area contributed by atoms with Gasteiger partial charge in [-0.05, 0) is 29.8 Å². The van der Waals surface area contributed by atoms with Crippen molar-refractivity contribution in [3.63, 3.8) is 0 Å². The monoisotopic (exact) mass is 308 g/mol. The number of para-hydroxylation sites is 1. The number of carbonyl (C=O) groups is 1. The third-order valence-electron chi connectivity index (χ3n) is 2.74. The van der Waals surface area contributed by atoms with Gasteiger partial charge in [-0.1, -0.05) is 29.8 Å². The second-order valence-corrected chi connectivity index (χ2v) is 4.69. The highest BCUT2D eigenvalue weighted by molar-refractivity contribution is 6.32. The number of rotatable bonds is 5. The minimum atomic E-state index is -0.504. The Morgan fingerprint density at radius 2 is 2.05 bits per heavy atom. The van der Waals surface area contributed by atoms with Crippen molar-refractivity contribution < 1.29 is 13.9 Å². The van der Waals surface area contributed by atoms with Gasteiger partial charge in [0.2, 0.25) is 0 Å². The minimum Gasteiger partial charge on any atom is -0.482 e. The predicted octanol–water partition coefficient (Wildman–Crippen LogP) is 2.96. The van der Waals surface area contributed by atoms with E-state index in [1.54, 1.807) is 30.3 Å². The fraction of sp³-hybridized carbons (Fsp3) is 0.133. The van der Waals surface area contributed by atoms with Crippen molar-refractivity contribution in [2.24, 2.45) is 5.73 Å². The molecule has 0 spiro atoms. The summed E-state index contributed by atoms with van der Waals surface area (Å²) in [5, 5.41) is 2.79. The normalized spacial score (nSPS) is 10.2. The van der Waals surface area contributed by atoms with Crippen LogP contribution in [0.5, 0.6) is 5.75 Å². The summed E-state index contributed by atoms with van der Waals surface area (Å²) in [5.74, 6) is -0.604. The molecule has 110 valence electrons. The Morgan fingerprint density at radius 1 is 1.29 bits per heavy atom. The van der Waals surface area contributed by atoms with Gasteiger partial charge in [-0.3, -0.25) is 4.79 Å². The summed E-state index contributed by atoms with van der Waals surface area (Å²) in [4.78, 5) is 11.7. The van der Waals surface area contributed by atoms with Gasteiger partial charge in [-0.25, -0.2) is 4.39 Å². The number of anilines is 1. The van der Waals surface area contributed by atoms with Gasteiger partial charge in [-0.2, -0.15) is 0 Å². The highest BCUT2D eigenvalue weighted by atomic mass is 35.5. The van der Waals surface area contributed by atoms with Crippen LogP contribution in [0.1, 0.15) is 5.56 Å². The topological polar surface area (TPSA) is 64.3 Å². The summed E-state index contributed by atoms with van der Waals surface area (Å²) in [7, 11) is 0. The summed E-state index contributed by atoms with van der Waals surface area (Å²) in [6.45, 7) is 0.101. The first-order chi connectivity index (χ1) is 10.1. The lowest BCUT2D eigenvalue weighted by Gasteiger charge is -2.10. The number of hydrogen-bond donors (Lipinski definition) is 2. The molecule has 0 radical (unpaired) electrons. The van der Waals surface area contributed by atoms with Crippen LogP contribution < -0.4 is 15.8 Å². The van der Waals surface area contributed by atoms with E-state index in [4.69, 9.17) is 22.1 Å². The Morgan fingerprint density at radius 3 is 2.71 bits per heavy atom. The van der Waals surface area contributed by atoms with Crippen LogP contribution in [-0.4, -0.2) is 12.5 Å². The Kier molecular flexibility index (Phi) is 5.14. The van der Waals surface area contributed by atoms with Crippen LogP contribution in [0.3, 0.4) is 0 Å². The van der Waals surface area contributed by atoms with E-state index in [0.717, 1.165) is 5.56 Å². The molecule has 2 aromatic rings. The van der Waals surface area contributed by atoms with E-state index in [0.29, 0.717) is 17.3 Å². The number of amides is 1. The Hall–Kier alpha value is -2.11. The molecule has 0 aliphatic carbocycles. The van der Waals surface area contributed by atoms with Crippen molar-refractivity contribution in [1.82, 2.24) is 0 Å². The van der Waals surface area contributed by atoms with Crippen molar-refractivity contribution in [3.8, 4) is 5.75 Å². The summed E-state index contributed by atoms with van der Waals surface area (Å²) < 4.78 is 18.7. The van der Waals surface area contributed by atoms with Crippen molar-refractivity contribution >= 4 is 23.2 Å². The quantitative estimate of drug-likeness (QED) is 0.892. The number of nitrogens with two attached hydrogens (primary N) is 1. The molecule has 0 aliphatic rings. The van der Waals surface area contributed by atoms with Gasteiger partial charge in [0.05, 0.1) is 10.7 Å². The molecule has 2 aromatic carbocycles. The maximum Gasteiger partial charge on any atom is 0.262 e. The zero-order valence-corrected chi connectivity index (χ0v) is 11.9. The number of nitrogens with one attached hydrogen (secondary N) is 1. The van der Waals surface area contributed by atoms with Crippen LogP contribution in [0.15, 0.2) is 42.5 Å². The zero-order valence-electron chi connectivity index (χ0n) is 11.1. The van der Waals surface area contributed by atoms with Crippen LogP contribution in [0.2, 0.25) is 5.02 Å². The summed E-state index contributed by atoms with van der Waals surface area (Å²) in [6.07, 6.45) is 0. The molecule has 0 atom stereocenters. The summed E-state index contributed by atoms with van der Waals surface area (Å²) in [6, 6.07) is 11.0. The van der Waals surface area contributed by atoms with E-state index >= 15 is 0 Å². The van der Waals surface area contributed by atoms with Gasteiger partial charge in [0, 0.05) is 6.54 Å². The molecule has 0 heterocycles. The predicted molar refractivity (Wildman–Crippen MR) is 79.9 cm³/mol. The lowest BCUT2D eigenvalue weighted by atomic mass is 10.2. The summed E-state index contributed by atoms with van der Waals surface area (Å²) >= 11 is 6.00. The third kappa shape index (κ3) is 4.18. The molecule has 1 amide bonds. The highest BCUT2D eigenvalue weighted by Gasteiger charge is 2.09. The molecule has 0 unspecified atom stereocenters. The second-order valence-electron chi connectivity index (χ2n) is 4.29. The Bertz CT molecular complexity index is 649. The van der Waals surface area contributed by atoms with E-state index in [9.17, 15) is 9.18 Å². The standard InChI is InChI=1S/C15H14ClFN2O2/c16-11-7-10(8-18)5-6-14(11)21-9-15(20)19-13-4-2-1-3-12(13)17/h1-7H,8-9,18H2,(H,19,20). The van der Waals surface area contributed by atoms with E-state index in [2.05, 4.69) is 5.32 Å². The van der Waals surface area contributed by atoms with E-state index in [1.807, 2.05) is 0 Å². The molecule has 3 N–H and O–H groups in total. The van der Waals surface area contributed by atoms with Crippen molar-refractivity contribution in [3.05, 3.63) is 58.9 Å². The molecule has 21 heavy (non-hydrogen) atoms. The molecule has 2 rings (SSSR count). The molecule has 0 fully saturated rings. The Balaban J connectivity index is 1.94. The third-order valence-corrected chi connectivity index (χ3v) is 3.03. The molecular formula is C15H14ClFN2O2. The lowest BCUT2D eigenvalue weighted by Crippen LogP contribution is -2.20. The van der Waals surface area contributed by atoms with Gasteiger partial charge in [0.15, 0.2) is 6.61 Å². The molecular weight excluding hydrogens is 295 g/mol. The zero-order chi connectivity index (χ0) is 15.2. The van der Waals surface area contributed by atoms with E-state index in [-0.39, 0.29) is 12.3 Å². The second kappa shape index (κ2) is 7.06. The first kappa shape index (κ1) is 15.3. The van der Waals surface area contributed by atoms with Crippen molar-refractivity contribution in [2.75, 3.05) is 11.9 Å². The van der Waals surface area contributed by atoms with Gasteiger partial charge < -0.3 is 15.8 Å². The molecule has 6 heteroatoms. The fourth-order valence-corrected chi connectivity index (χ4v) is 1.94. The number of ether oxygens (including phenoxy) is 1. The maximum absolute atomic E-state index is 13.4. The largest absolute Gasteiger partial charge is 0.482 e. The van der Waals surface area contributed by atoms with Crippen LogP contribution in [0.4, 0.5) is 10.1 Å². The molecule has 4 nitrogen and oxygen atoms in total. The van der Waals surface area contributed by atoms with Gasteiger partial charge in [0.25, 0.3) is 5.91 Å².